The SMILES string of the molecule is CCc1c(C(=O)O)c(-c2cccc(C(F)(F)F)c2)nn1-c1ccc(F)cc1. The predicted octanol–water partition coefficient (Wildman–Crippen LogP) is 4.96. The first kappa shape index (κ1) is 18.6. The summed E-state index contributed by atoms with van der Waals surface area (Å²) in [5, 5.41) is 13.9. The minimum absolute atomic E-state index is 0.0396. The molecule has 0 saturated carbocycles. The molecule has 0 radical (unpaired) electrons. The van der Waals surface area contributed by atoms with Gasteiger partial charge in [-0.05, 0) is 42.8 Å². The van der Waals surface area contributed by atoms with Crippen LogP contribution in [-0.4, -0.2) is 20.9 Å². The maximum absolute atomic E-state index is 13.2. The second-order valence-electron chi connectivity index (χ2n) is 5.80. The largest absolute Gasteiger partial charge is 0.478 e. The third-order valence-electron chi connectivity index (χ3n) is 4.06. The molecule has 0 amide bonds. The van der Waals surface area contributed by atoms with Gasteiger partial charge in [-0.3, -0.25) is 0 Å². The van der Waals surface area contributed by atoms with Crippen molar-refractivity contribution in [3.8, 4) is 16.9 Å². The molecule has 2 aromatic carbocycles. The Morgan fingerprint density at radius 3 is 2.37 bits per heavy atom. The van der Waals surface area contributed by atoms with E-state index in [2.05, 4.69) is 5.10 Å². The third kappa shape index (κ3) is 3.55. The first-order valence-electron chi connectivity index (χ1n) is 8.01. The molecule has 3 aromatic rings. The van der Waals surface area contributed by atoms with Crippen LogP contribution in [-0.2, 0) is 12.6 Å². The van der Waals surface area contributed by atoms with Gasteiger partial charge in [-0.15, -0.1) is 0 Å². The van der Waals surface area contributed by atoms with Gasteiger partial charge in [0.1, 0.15) is 17.1 Å². The molecule has 140 valence electrons. The lowest BCUT2D eigenvalue weighted by atomic mass is 10.0. The third-order valence-corrected chi connectivity index (χ3v) is 4.06. The zero-order valence-electron chi connectivity index (χ0n) is 14.1. The van der Waals surface area contributed by atoms with Crippen molar-refractivity contribution >= 4 is 5.97 Å². The first-order valence-corrected chi connectivity index (χ1v) is 8.01. The number of halogens is 4. The van der Waals surface area contributed by atoms with E-state index in [9.17, 15) is 27.5 Å². The topological polar surface area (TPSA) is 55.1 Å². The van der Waals surface area contributed by atoms with Crippen LogP contribution in [0.4, 0.5) is 17.6 Å². The van der Waals surface area contributed by atoms with Gasteiger partial charge in [0.2, 0.25) is 0 Å². The fourth-order valence-electron chi connectivity index (χ4n) is 2.84. The van der Waals surface area contributed by atoms with Crippen molar-refractivity contribution < 1.29 is 27.5 Å². The van der Waals surface area contributed by atoms with Crippen molar-refractivity contribution in [1.82, 2.24) is 9.78 Å². The van der Waals surface area contributed by atoms with Crippen molar-refractivity contribution in [2.45, 2.75) is 19.5 Å². The Kier molecular flexibility index (Phi) is 4.73. The molecular weight excluding hydrogens is 364 g/mol. The summed E-state index contributed by atoms with van der Waals surface area (Å²) in [6.07, 6.45) is -4.29. The highest BCUT2D eigenvalue weighted by Gasteiger charge is 2.31. The zero-order valence-corrected chi connectivity index (χ0v) is 14.1. The Labute approximate surface area is 151 Å². The Morgan fingerprint density at radius 1 is 1.15 bits per heavy atom. The van der Waals surface area contributed by atoms with Gasteiger partial charge in [0.15, 0.2) is 0 Å². The summed E-state index contributed by atoms with van der Waals surface area (Å²) in [7, 11) is 0. The van der Waals surface area contributed by atoms with Gasteiger partial charge in [-0.2, -0.15) is 18.3 Å². The van der Waals surface area contributed by atoms with Crippen LogP contribution in [0.3, 0.4) is 0 Å². The summed E-state index contributed by atoms with van der Waals surface area (Å²) >= 11 is 0. The van der Waals surface area contributed by atoms with Crippen LogP contribution in [0.5, 0.6) is 0 Å². The monoisotopic (exact) mass is 378 g/mol. The van der Waals surface area contributed by atoms with E-state index in [0.717, 1.165) is 12.1 Å². The fraction of sp³-hybridized carbons (Fsp3) is 0.158. The summed E-state index contributed by atoms with van der Waals surface area (Å²) in [5.74, 6) is -1.77. The number of carboxylic acids is 1. The summed E-state index contributed by atoms with van der Waals surface area (Å²) in [5.41, 5.74) is -0.394. The van der Waals surface area contributed by atoms with E-state index < -0.39 is 23.5 Å². The molecule has 0 aliphatic heterocycles. The molecule has 3 rings (SSSR count). The van der Waals surface area contributed by atoms with Gasteiger partial charge in [0.25, 0.3) is 0 Å². The highest BCUT2D eigenvalue weighted by Crippen LogP contribution is 2.34. The number of nitrogens with zero attached hydrogens (tertiary/aromatic N) is 2. The standard InChI is InChI=1S/C19H14F4N2O2/c1-2-15-16(18(26)27)17(11-4-3-5-12(10-11)19(21,22)23)24-25(15)14-8-6-13(20)7-9-14/h3-10H,2H2,1H3,(H,26,27). The number of benzene rings is 2. The van der Waals surface area contributed by atoms with E-state index in [1.807, 2.05) is 0 Å². The van der Waals surface area contributed by atoms with E-state index in [1.54, 1.807) is 6.92 Å². The van der Waals surface area contributed by atoms with Crippen molar-refractivity contribution in [2.75, 3.05) is 0 Å². The molecule has 0 aliphatic carbocycles. The van der Waals surface area contributed by atoms with Crippen LogP contribution in [0.2, 0.25) is 0 Å². The molecule has 1 N–H and O–H groups in total. The molecule has 0 spiro atoms. The quantitative estimate of drug-likeness (QED) is 0.653. The average Bonchev–Trinajstić information content (AvgIpc) is 3.01. The first-order chi connectivity index (χ1) is 12.7. The molecule has 0 unspecified atom stereocenters. The van der Waals surface area contributed by atoms with Crippen LogP contribution >= 0.6 is 0 Å². The van der Waals surface area contributed by atoms with Crippen LogP contribution in [0.1, 0.15) is 28.5 Å². The Morgan fingerprint density at radius 2 is 1.81 bits per heavy atom. The van der Waals surface area contributed by atoms with Crippen LogP contribution in [0.25, 0.3) is 16.9 Å². The Hall–Kier alpha value is -3.16. The van der Waals surface area contributed by atoms with Crippen molar-refractivity contribution in [3.63, 3.8) is 0 Å². The molecule has 0 fully saturated rings. The van der Waals surface area contributed by atoms with Gasteiger partial charge in [0.05, 0.1) is 16.9 Å². The number of rotatable bonds is 4. The number of carbonyl (C=O) groups is 1. The van der Waals surface area contributed by atoms with Gasteiger partial charge in [-0.1, -0.05) is 19.1 Å². The lowest BCUT2D eigenvalue weighted by Crippen LogP contribution is -2.06. The molecule has 0 saturated heterocycles. The highest BCUT2D eigenvalue weighted by molar-refractivity contribution is 5.96. The number of hydrogen-bond acceptors (Lipinski definition) is 2. The summed E-state index contributed by atoms with van der Waals surface area (Å²) in [6.45, 7) is 1.71. The zero-order chi connectivity index (χ0) is 19.8. The maximum atomic E-state index is 13.2. The van der Waals surface area contributed by atoms with Crippen LogP contribution in [0, 0.1) is 5.82 Å². The van der Waals surface area contributed by atoms with E-state index in [0.29, 0.717) is 11.4 Å². The van der Waals surface area contributed by atoms with Crippen LogP contribution < -0.4 is 0 Å². The van der Waals surface area contributed by atoms with Crippen LogP contribution in [0.15, 0.2) is 48.5 Å². The van der Waals surface area contributed by atoms with Crippen molar-refractivity contribution in [3.05, 3.63) is 71.2 Å². The minimum Gasteiger partial charge on any atom is -0.478 e. The lowest BCUT2D eigenvalue weighted by Gasteiger charge is -2.08. The lowest BCUT2D eigenvalue weighted by molar-refractivity contribution is -0.137. The second-order valence-corrected chi connectivity index (χ2v) is 5.80. The predicted molar refractivity (Wildman–Crippen MR) is 90.3 cm³/mol. The number of aromatic carboxylic acids is 1. The van der Waals surface area contributed by atoms with Gasteiger partial charge >= 0.3 is 12.1 Å². The molecule has 0 bridgehead atoms. The van der Waals surface area contributed by atoms with Gasteiger partial charge in [-0.25, -0.2) is 13.9 Å². The Balaban J connectivity index is 2.25. The summed E-state index contributed by atoms with van der Waals surface area (Å²) in [4.78, 5) is 11.8. The molecule has 8 heteroatoms. The van der Waals surface area contributed by atoms with Crippen molar-refractivity contribution in [1.29, 1.82) is 0 Å². The number of carboxylic acid groups (broad SMARTS) is 1. The number of alkyl halides is 3. The summed E-state index contributed by atoms with van der Waals surface area (Å²) < 4.78 is 53.6. The van der Waals surface area contributed by atoms with E-state index >= 15 is 0 Å². The van der Waals surface area contributed by atoms with E-state index in [4.69, 9.17) is 0 Å². The fourth-order valence-corrected chi connectivity index (χ4v) is 2.84. The smallest absolute Gasteiger partial charge is 0.416 e. The highest BCUT2D eigenvalue weighted by atomic mass is 19.4. The molecule has 1 aromatic heterocycles. The molecule has 1 heterocycles. The number of hydrogen-bond donors (Lipinski definition) is 1. The molecule has 0 aliphatic rings. The molecule has 0 atom stereocenters. The minimum atomic E-state index is -4.56. The molecular formula is C19H14F4N2O2. The molecule has 27 heavy (non-hydrogen) atoms. The maximum Gasteiger partial charge on any atom is 0.416 e. The van der Waals surface area contributed by atoms with Gasteiger partial charge < -0.3 is 5.11 Å². The van der Waals surface area contributed by atoms with E-state index in [1.165, 1.54) is 41.1 Å². The normalized spacial score (nSPS) is 11.6. The van der Waals surface area contributed by atoms with Crippen molar-refractivity contribution in [2.24, 2.45) is 0 Å². The van der Waals surface area contributed by atoms with Gasteiger partial charge in [0, 0.05) is 5.56 Å². The number of aromatic nitrogens is 2. The van der Waals surface area contributed by atoms with E-state index in [-0.39, 0.29) is 23.2 Å². The average molecular weight is 378 g/mol. The molecule has 4 nitrogen and oxygen atoms in total. The Bertz CT molecular complexity index is 992. The summed E-state index contributed by atoms with van der Waals surface area (Å²) in [6, 6.07) is 9.57. The second kappa shape index (κ2) is 6.86.